The molecule has 0 radical (unpaired) electrons. The van der Waals surface area contributed by atoms with Crippen LogP contribution in [0.2, 0.25) is 0 Å². The average molecular weight is 426 g/mol. The van der Waals surface area contributed by atoms with E-state index in [1.807, 2.05) is 11.4 Å². The second-order valence-electron chi connectivity index (χ2n) is 5.56. The van der Waals surface area contributed by atoms with Crippen LogP contribution < -0.4 is 10.6 Å². The standard InChI is InChI=1S/C17H13F3N4O2S2/c1-8(28-17-15-11(4-5-27-15)22-7-23-17)16(26)21-6-12(25)24-10-3-2-9(18)13(19)14(10)20/h2-5,7-8H,6H2,1H3,(H,21,26)(H,24,25). The van der Waals surface area contributed by atoms with Crippen LogP contribution >= 0.6 is 23.1 Å². The lowest BCUT2D eigenvalue weighted by Gasteiger charge is -2.12. The summed E-state index contributed by atoms with van der Waals surface area (Å²) in [6.45, 7) is 1.19. The molecule has 2 amide bonds. The van der Waals surface area contributed by atoms with E-state index in [0.29, 0.717) is 11.1 Å². The minimum absolute atomic E-state index is 0.436. The maximum absolute atomic E-state index is 13.6. The summed E-state index contributed by atoms with van der Waals surface area (Å²) in [4.78, 5) is 32.4. The Kier molecular flexibility index (Phi) is 6.15. The van der Waals surface area contributed by atoms with Gasteiger partial charge < -0.3 is 10.6 Å². The number of amides is 2. The van der Waals surface area contributed by atoms with Crippen molar-refractivity contribution in [3.63, 3.8) is 0 Å². The van der Waals surface area contributed by atoms with Gasteiger partial charge in [-0.15, -0.1) is 11.3 Å². The van der Waals surface area contributed by atoms with Crippen LogP contribution in [0.3, 0.4) is 0 Å². The van der Waals surface area contributed by atoms with Crippen LogP contribution in [0.15, 0.2) is 34.9 Å². The Bertz CT molecular complexity index is 1040. The number of fused-ring (bicyclic) bond motifs is 1. The molecule has 2 aromatic heterocycles. The summed E-state index contributed by atoms with van der Waals surface area (Å²) in [7, 11) is 0. The summed E-state index contributed by atoms with van der Waals surface area (Å²) in [5.74, 6) is -5.77. The van der Waals surface area contributed by atoms with Gasteiger partial charge in [0.25, 0.3) is 0 Å². The van der Waals surface area contributed by atoms with E-state index in [1.165, 1.54) is 29.4 Å². The van der Waals surface area contributed by atoms with E-state index >= 15 is 0 Å². The van der Waals surface area contributed by atoms with Crippen molar-refractivity contribution in [2.45, 2.75) is 17.2 Å². The number of nitrogens with zero attached hydrogens (tertiary/aromatic N) is 2. The maximum atomic E-state index is 13.6. The van der Waals surface area contributed by atoms with Gasteiger partial charge in [-0.2, -0.15) is 0 Å². The van der Waals surface area contributed by atoms with Crippen LogP contribution in [0.5, 0.6) is 0 Å². The summed E-state index contributed by atoms with van der Waals surface area (Å²) >= 11 is 2.67. The Balaban J connectivity index is 1.55. The molecular weight excluding hydrogens is 413 g/mol. The molecule has 146 valence electrons. The number of carbonyl (C=O) groups is 2. The van der Waals surface area contributed by atoms with E-state index in [0.717, 1.165) is 16.3 Å². The minimum atomic E-state index is -1.68. The number of aromatic nitrogens is 2. The fraction of sp³-hybridized carbons (Fsp3) is 0.176. The Labute approximate surface area is 165 Å². The highest BCUT2D eigenvalue weighted by Crippen LogP contribution is 2.31. The summed E-state index contributed by atoms with van der Waals surface area (Å²) in [5.41, 5.74) is 0.268. The molecule has 2 heterocycles. The van der Waals surface area contributed by atoms with Crippen molar-refractivity contribution in [2.24, 2.45) is 0 Å². The number of nitrogens with one attached hydrogen (secondary N) is 2. The molecular formula is C17H13F3N4O2S2. The minimum Gasteiger partial charge on any atom is -0.346 e. The molecule has 3 rings (SSSR count). The molecule has 11 heteroatoms. The molecule has 1 unspecified atom stereocenters. The zero-order valence-electron chi connectivity index (χ0n) is 14.3. The van der Waals surface area contributed by atoms with Gasteiger partial charge in [-0.25, -0.2) is 23.1 Å². The molecule has 0 aliphatic carbocycles. The molecule has 3 aromatic rings. The number of benzene rings is 1. The van der Waals surface area contributed by atoms with Crippen LogP contribution in [0, 0.1) is 17.5 Å². The monoisotopic (exact) mass is 426 g/mol. The first-order chi connectivity index (χ1) is 13.4. The summed E-state index contributed by atoms with van der Waals surface area (Å²) < 4.78 is 40.5. The van der Waals surface area contributed by atoms with Gasteiger partial charge in [0.15, 0.2) is 17.5 Å². The third-order valence-electron chi connectivity index (χ3n) is 3.60. The zero-order chi connectivity index (χ0) is 20.3. The first kappa shape index (κ1) is 20.1. The smallest absolute Gasteiger partial charge is 0.243 e. The highest BCUT2D eigenvalue weighted by Gasteiger charge is 2.19. The lowest BCUT2D eigenvalue weighted by molar-refractivity contribution is -0.123. The average Bonchev–Trinajstić information content (AvgIpc) is 3.16. The summed E-state index contributed by atoms with van der Waals surface area (Å²) in [6.07, 6.45) is 1.41. The van der Waals surface area contributed by atoms with Crippen molar-refractivity contribution in [3.05, 3.63) is 47.4 Å². The number of thioether (sulfide) groups is 1. The predicted octanol–water partition coefficient (Wildman–Crippen LogP) is 3.34. The Morgan fingerprint density at radius 3 is 2.75 bits per heavy atom. The molecule has 0 fully saturated rings. The van der Waals surface area contributed by atoms with Crippen molar-refractivity contribution in [3.8, 4) is 0 Å². The molecule has 1 aromatic carbocycles. The van der Waals surface area contributed by atoms with Crippen LogP contribution in [0.1, 0.15) is 6.92 Å². The second kappa shape index (κ2) is 8.57. The molecule has 0 spiro atoms. The fourth-order valence-electron chi connectivity index (χ4n) is 2.20. The van der Waals surface area contributed by atoms with Gasteiger partial charge in [0, 0.05) is 0 Å². The van der Waals surface area contributed by atoms with E-state index in [9.17, 15) is 22.8 Å². The van der Waals surface area contributed by atoms with Gasteiger partial charge in [0.1, 0.15) is 11.4 Å². The predicted molar refractivity (Wildman–Crippen MR) is 101 cm³/mol. The summed E-state index contributed by atoms with van der Waals surface area (Å²) in [5, 5.41) is 6.45. The van der Waals surface area contributed by atoms with Gasteiger partial charge in [0.05, 0.1) is 27.7 Å². The lowest BCUT2D eigenvalue weighted by atomic mass is 10.2. The number of carbonyl (C=O) groups excluding carboxylic acids is 2. The molecule has 2 N–H and O–H groups in total. The van der Waals surface area contributed by atoms with E-state index in [4.69, 9.17) is 0 Å². The van der Waals surface area contributed by atoms with Crippen molar-refractivity contribution in [2.75, 3.05) is 11.9 Å². The van der Waals surface area contributed by atoms with E-state index in [1.54, 1.807) is 6.92 Å². The van der Waals surface area contributed by atoms with Crippen molar-refractivity contribution in [1.29, 1.82) is 0 Å². The van der Waals surface area contributed by atoms with Gasteiger partial charge in [-0.3, -0.25) is 9.59 Å². The molecule has 28 heavy (non-hydrogen) atoms. The number of rotatable bonds is 6. The van der Waals surface area contributed by atoms with Crippen molar-refractivity contribution >= 4 is 50.8 Å². The van der Waals surface area contributed by atoms with Crippen molar-refractivity contribution < 1.29 is 22.8 Å². The molecule has 0 bridgehead atoms. The van der Waals surface area contributed by atoms with Crippen molar-refractivity contribution in [1.82, 2.24) is 15.3 Å². The maximum Gasteiger partial charge on any atom is 0.243 e. The number of anilines is 1. The molecule has 0 aliphatic heterocycles. The molecule has 0 aliphatic rings. The normalized spacial score (nSPS) is 12.0. The van der Waals surface area contributed by atoms with E-state index < -0.39 is 46.7 Å². The van der Waals surface area contributed by atoms with Crippen LogP contribution in [0.4, 0.5) is 18.9 Å². The Morgan fingerprint density at radius 2 is 1.96 bits per heavy atom. The highest BCUT2D eigenvalue weighted by atomic mass is 32.2. The quantitative estimate of drug-likeness (QED) is 0.359. The molecule has 6 nitrogen and oxygen atoms in total. The number of thiophene rings is 1. The topological polar surface area (TPSA) is 84.0 Å². The number of hydrogen-bond acceptors (Lipinski definition) is 6. The first-order valence-corrected chi connectivity index (χ1v) is 9.68. The summed E-state index contributed by atoms with van der Waals surface area (Å²) in [6, 6.07) is 3.43. The van der Waals surface area contributed by atoms with Gasteiger partial charge in [-0.1, -0.05) is 11.8 Å². The third kappa shape index (κ3) is 4.42. The third-order valence-corrected chi connectivity index (χ3v) is 5.74. The zero-order valence-corrected chi connectivity index (χ0v) is 16.0. The van der Waals surface area contributed by atoms with Crippen LogP contribution in [-0.2, 0) is 9.59 Å². The molecule has 1 atom stereocenters. The largest absolute Gasteiger partial charge is 0.346 e. The van der Waals surface area contributed by atoms with E-state index in [2.05, 4.69) is 20.6 Å². The number of hydrogen-bond donors (Lipinski definition) is 2. The molecule has 0 saturated heterocycles. The first-order valence-electron chi connectivity index (χ1n) is 7.92. The SMILES string of the molecule is CC(Sc1ncnc2ccsc12)C(=O)NCC(=O)Nc1ccc(F)c(F)c1F. The Morgan fingerprint density at radius 1 is 1.18 bits per heavy atom. The fourth-order valence-corrected chi connectivity index (χ4v) is 4.06. The second-order valence-corrected chi connectivity index (χ2v) is 7.81. The van der Waals surface area contributed by atoms with Gasteiger partial charge >= 0.3 is 0 Å². The van der Waals surface area contributed by atoms with Crippen LogP contribution in [0.25, 0.3) is 10.2 Å². The highest BCUT2D eigenvalue weighted by molar-refractivity contribution is 8.00. The molecule has 0 saturated carbocycles. The van der Waals surface area contributed by atoms with E-state index in [-0.39, 0.29) is 0 Å². The Hall–Kier alpha value is -2.66. The van der Waals surface area contributed by atoms with Crippen LogP contribution in [-0.4, -0.2) is 33.6 Å². The van der Waals surface area contributed by atoms with Gasteiger partial charge in [-0.05, 0) is 30.5 Å². The lowest BCUT2D eigenvalue weighted by Crippen LogP contribution is -2.37. The van der Waals surface area contributed by atoms with Gasteiger partial charge in [0.2, 0.25) is 11.8 Å². The number of halogens is 3.